The maximum atomic E-state index is 10.3. The van der Waals surface area contributed by atoms with Crippen LogP contribution in [0, 0.1) is 10.2 Å². The third kappa shape index (κ3) is 8.15. The number of rotatable bonds is 6. The van der Waals surface area contributed by atoms with E-state index in [1.807, 2.05) is 42.5 Å². The third-order valence-electron chi connectivity index (χ3n) is 5.87. The number of fused-ring (bicyclic) bond motifs is 1. The van der Waals surface area contributed by atoms with Crippen LogP contribution in [0.1, 0.15) is 11.1 Å². The summed E-state index contributed by atoms with van der Waals surface area (Å²) in [5.74, 6) is 1.76. The summed E-state index contributed by atoms with van der Waals surface area (Å²) in [6, 6.07) is 36.0. The standard InChI is InChI=1S/C30H25NO3.ClHO4/c1-33-26-15-12-24(13-16-26)30-19-28(27-18-25(32)14-17-29(27)34-30)31(20-22-8-4-2-5-9-22)21-23-10-6-3-7-11-23;2-1(3,4)5/h2-19H,20-21H2,1H3;(H,2,3,4,5). The number of methoxy groups -OCH3 is 1. The number of phenols is 1. The molecule has 5 rings (SSSR count). The molecule has 0 aliphatic rings. The Hall–Kier alpha value is -4.18. The number of nitrogens with zero attached hydrogens (tertiary/aromatic N) is 1. The minimum Gasteiger partial charge on any atom is -0.508 e. The Morgan fingerprint density at radius 3 is 1.79 bits per heavy atom. The summed E-state index contributed by atoms with van der Waals surface area (Å²) in [7, 11) is -3.29. The lowest BCUT2D eigenvalue weighted by molar-refractivity contribution is -2.00. The van der Waals surface area contributed by atoms with Crippen LogP contribution in [-0.4, -0.2) is 12.2 Å². The highest BCUT2D eigenvalue weighted by atomic mass is 35.7. The van der Waals surface area contributed by atoms with Crippen molar-refractivity contribution >= 4 is 11.0 Å². The predicted octanol–water partition coefficient (Wildman–Crippen LogP) is 1.23. The molecule has 0 unspecified atom stereocenters. The van der Waals surface area contributed by atoms with Crippen LogP contribution in [0.2, 0.25) is 0 Å². The van der Waals surface area contributed by atoms with Gasteiger partial charge in [-0.3, -0.25) is 0 Å². The summed E-state index contributed by atoms with van der Waals surface area (Å²) >= 11 is 0. The molecule has 0 radical (unpaired) electrons. The second-order valence-electron chi connectivity index (χ2n) is 8.61. The lowest BCUT2D eigenvalue weighted by Gasteiger charge is -2.17. The number of halogens is 1. The second kappa shape index (κ2) is 12.6. The molecule has 1 N–H and O–H groups in total. The van der Waals surface area contributed by atoms with Gasteiger partial charge in [0.15, 0.2) is 13.1 Å². The molecule has 5 aromatic rings. The van der Waals surface area contributed by atoms with Crippen molar-refractivity contribution in [3.63, 3.8) is 0 Å². The molecule has 200 valence electrons. The largest absolute Gasteiger partial charge is 0.508 e. The molecule has 1 aromatic heterocycles. The Labute approximate surface area is 227 Å². The van der Waals surface area contributed by atoms with E-state index in [4.69, 9.17) is 27.8 Å². The molecule has 0 amide bonds. The first kappa shape index (κ1) is 27.8. The molecule has 0 bridgehead atoms. The zero-order valence-electron chi connectivity index (χ0n) is 21.0. The van der Waals surface area contributed by atoms with Gasteiger partial charge in [0.2, 0.25) is 5.36 Å². The fourth-order valence-corrected chi connectivity index (χ4v) is 4.15. The Morgan fingerprint density at radius 1 is 0.744 bits per heavy atom. The van der Waals surface area contributed by atoms with Crippen molar-refractivity contribution < 1.29 is 43.1 Å². The van der Waals surface area contributed by atoms with Crippen LogP contribution in [0.4, 0.5) is 0 Å². The van der Waals surface area contributed by atoms with Crippen LogP contribution in [-0.2, 0) is 13.1 Å². The monoisotopic (exact) mass is 547 g/mol. The molecule has 0 aliphatic heterocycles. The van der Waals surface area contributed by atoms with E-state index >= 15 is 0 Å². The average molecular weight is 548 g/mol. The summed E-state index contributed by atoms with van der Waals surface area (Å²) in [6.07, 6.45) is 0. The Kier molecular flexibility index (Phi) is 8.98. The molecule has 9 heteroatoms. The molecule has 0 spiro atoms. The Balaban J connectivity index is 0.000000648. The molecule has 0 saturated carbocycles. The van der Waals surface area contributed by atoms with Gasteiger partial charge in [-0.25, -0.2) is 23.2 Å². The second-order valence-corrected chi connectivity index (χ2v) is 9.37. The zero-order chi connectivity index (χ0) is 27.8. The van der Waals surface area contributed by atoms with Gasteiger partial charge in [-0.1, -0.05) is 60.7 Å². The molecule has 0 atom stereocenters. The fourth-order valence-electron chi connectivity index (χ4n) is 4.15. The summed E-state index contributed by atoms with van der Waals surface area (Å²) in [4.78, 5) is 0. The smallest absolute Gasteiger partial charge is 0.215 e. The van der Waals surface area contributed by atoms with Crippen molar-refractivity contribution in [2.75, 3.05) is 7.11 Å². The van der Waals surface area contributed by atoms with E-state index in [1.165, 1.54) is 11.1 Å². The first-order valence-corrected chi connectivity index (χ1v) is 13.1. The fraction of sp³-hybridized carbons (Fsp3) is 0.100. The summed E-state index contributed by atoms with van der Waals surface area (Å²) in [5.41, 5.74) is 4.08. The molecule has 0 saturated heterocycles. The molecule has 8 nitrogen and oxygen atoms in total. The molecular weight excluding hydrogens is 522 g/mol. The van der Waals surface area contributed by atoms with Crippen LogP contribution < -0.4 is 33.3 Å². The van der Waals surface area contributed by atoms with Crippen molar-refractivity contribution in [1.82, 2.24) is 4.58 Å². The molecule has 39 heavy (non-hydrogen) atoms. The predicted molar refractivity (Wildman–Crippen MR) is 135 cm³/mol. The van der Waals surface area contributed by atoms with Gasteiger partial charge in [-0.15, -0.1) is 10.2 Å². The van der Waals surface area contributed by atoms with Crippen LogP contribution in [0.15, 0.2) is 114 Å². The lowest BCUT2D eigenvalue weighted by atomic mass is 10.1. The Bertz CT molecular complexity index is 1530. The molecule has 0 aliphatic carbocycles. The highest BCUT2D eigenvalue weighted by Crippen LogP contribution is 2.26. The minimum atomic E-state index is -4.94. The van der Waals surface area contributed by atoms with Gasteiger partial charge >= 0.3 is 0 Å². The maximum absolute atomic E-state index is 10.3. The van der Waals surface area contributed by atoms with Gasteiger partial charge in [0.1, 0.15) is 22.8 Å². The molecule has 0 fully saturated rings. The van der Waals surface area contributed by atoms with Gasteiger partial charge in [0.05, 0.1) is 18.6 Å². The van der Waals surface area contributed by atoms with Gasteiger partial charge in [0.25, 0.3) is 0 Å². The molecular formula is C30H26ClNO7. The summed E-state index contributed by atoms with van der Waals surface area (Å²) in [6.45, 7) is 1.43. The van der Waals surface area contributed by atoms with Crippen molar-refractivity contribution in [1.29, 1.82) is 0 Å². The van der Waals surface area contributed by atoms with Crippen LogP contribution >= 0.6 is 0 Å². The number of aromatic hydroxyl groups is 1. The SMILES string of the molecule is COc1ccc(-c2cc(=[N+](Cc3ccccc3)Cc3ccccc3)c3cc(O)ccc3o2)cc1.[O-][Cl+3]([O-])([O-])[O-]. The van der Waals surface area contributed by atoms with Crippen molar-refractivity contribution in [3.05, 3.63) is 126 Å². The molecule has 1 heterocycles. The minimum absolute atomic E-state index is 0.209. The normalized spacial score (nSPS) is 11.0. The van der Waals surface area contributed by atoms with E-state index < -0.39 is 10.2 Å². The highest BCUT2D eigenvalue weighted by Gasteiger charge is 2.16. The van der Waals surface area contributed by atoms with Crippen LogP contribution in [0.3, 0.4) is 0 Å². The van der Waals surface area contributed by atoms with Gasteiger partial charge in [-0.2, -0.15) is 0 Å². The van der Waals surface area contributed by atoms with Crippen molar-refractivity contribution in [3.8, 4) is 22.8 Å². The summed E-state index contributed by atoms with van der Waals surface area (Å²) < 4.78 is 47.9. The topological polar surface area (TPSA) is 138 Å². The number of hydrogen-bond acceptors (Lipinski definition) is 7. The van der Waals surface area contributed by atoms with Gasteiger partial charge in [-0.05, 0) is 42.5 Å². The lowest BCUT2D eigenvalue weighted by Crippen LogP contribution is -2.68. The van der Waals surface area contributed by atoms with Gasteiger partial charge < -0.3 is 14.3 Å². The quantitative estimate of drug-likeness (QED) is 0.315. The number of phenolic OH excluding ortho intramolecular Hbond substituents is 1. The third-order valence-corrected chi connectivity index (χ3v) is 5.87. The Morgan fingerprint density at radius 2 is 1.28 bits per heavy atom. The molecule has 4 aromatic carbocycles. The van der Waals surface area contributed by atoms with E-state index in [-0.39, 0.29) is 5.75 Å². The van der Waals surface area contributed by atoms with E-state index in [1.54, 1.807) is 19.2 Å². The van der Waals surface area contributed by atoms with Crippen molar-refractivity contribution in [2.24, 2.45) is 0 Å². The van der Waals surface area contributed by atoms with Crippen molar-refractivity contribution in [2.45, 2.75) is 13.1 Å². The van der Waals surface area contributed by atoms with Gasteiger partial charge in [0, 0.05) is 16.7 Å². The zero-order valence-corrected chi connectivity index (χ0v) is 21.8. The number of hydrogen-bond donors (Lipinski definition) is 1. The number of benzene rings is 4. The first-order chi connectivity index (χ1) is 18.7. The van der Waals surface area contributed by atoms with Crippen LogP contribution in [0.5, 0.6) is 11.5 Å². The van der Waals surface area contributed by atoms with E-state index in [2.05, 4.69) is 59.2 Å². The van der Waals surface area contributed by atoms with E-state index in [0.717, 1.165) is 27.8 Å². The van der Waals surface area contributed by atoms with Crippen LogP contribution in [0.25, 0.3) is 22.3 Å². The summed E-state index contributed by atoms with van der Waals surface area (Å²) in [5, 5.41) is 12.1. The number of ether oxygens (including phenoxy) is 1. The maximum Gasteiger partial charge on any atom is 0.215 e. The first-order valence-electron chi connectivity index (χ1n) is 11.9. The average Bonchev–Trinajstić information content (AvgIpc) is 2.92. The highest BCUT2D eigenvalue weighted by molar-refractivity contribution is 5.80. The van der Waals surface area contributed by atoms with E-state index in [0.29, 0.717) is 18.7 Å². The van der Waals surface area contributed by atoms with E-state index in [9.17, 15) is 5.11 Å².